The highest BCUT2D eigenvalue weighted by molar-refractivity contribution is 7.89. The molecule has 0 bridgehead atoms. The monoisotopic (exact) mass is 376 g/mol. The Morgan fingerprint density at radius 2 is 1.69 bits per heavy atom. The van der Waals surface area contributed by atoms with Crippen molar-refractivity contribution in [1.82, 2.24) is 9.21 Å². The Labute approximate surface area is 154 Å². The molecular weight excluding hydrogens is 352 g/mol. The molecule has 1 amide bonds. The van der Waals surface area contributed by atoms with Crippen LogP contribution in [0.5, 0.6) is 0 Å². The zero-order valence-electron chi connectivity index (χ0n) is 14.7. The second kappa shape index (κ2) is 7.13. The van der Waals surface area contributed by atoms with Crippen LogP contribution in [0.4, 0.5) is 0 Å². The molecule has 0 spiro atoms. The summed E-state index contributed by atoms with van der Waals surface area (Å²) in [4.78, 5) is 14.6. The SMILES string of the molecule is O=C(c1cccc(S(=O)(=O)N2CC3CC=CCC3C2)c1)N1CCOCC1. The standard InChI is InChI=1S/C19H24N2O4S/c22-19(20-8-10-25-11-9-20)15-6-3-7-18(12-15)26(23,24)21-13-16-4-1-2-5-17(16)14-21/h1-3,6-7,12,16-17H,4-5,8-11,13-14H2. The van der Waals surface area contributed by atoms with E-state index in [1.807, 2.05) is 0 Å². The van der Waals surface area contributed by atoms with E-state index in [1.54, 1.807) is 27.4 Å². The summed E-state index contributed by atoms with van der Waals surface area (Å²) in [6, 6.07) is 6.45. The highest BCUT2D eigenvalue weighted by Crippen LogP contribution is 2.35. The highest BCUT2D eigenvalue weighted by Gasteiger charge is 2.39. The third-order valence-electron chi connectivity index (χ3n) is 5.60. The molecule has 6 nitrogen and oxygen atoms in total. The lowest BCUT2D eigenvalue weighted by atomic mass is 9.86. The van der Waals surface area contributed by atoms with Crippen LogP contribution in [0.2, 0.25) is 0 Å². The van der Waals surface area contributed by atoms with Crippen LogP contribution in [-0.4, -0.2) is 62.9 Å². The number of carbonyl (C=O) groups excluding carboxylic acids is 1. The summed E-state index contributed by atoms with van der Waals surface area (Å²) in [6.45, 7) is 3.26. The molecule has 2 fully saturated rings. The Morgan fingerprint density at radius 3 is 2.35 bits per heavy atom. The van der Waals surface area contributed by atoms with Crippen LogP contribution in [0.15, 0.2) is 41.3 Å². The number of rotatable bonds is 3. The van der Waals surface area contributed by atoms with Gasteiger partial charge in [-0.15, -0.1) is 0 Å². The summed E-state index contributed by atoms with van der Waals surface area (Å²) in [6.07, 6.45) is 6.20. The van der Waals surface area contributed by atoms with Crippen molar-refractivity contribution in [2.45, 2.75) is 17.7 Å². The van der Waals surface area contributed by atoms with Gasteiger partial charge in [-0.1, -0.05) is 18.2 Å². The second-order valence-corrected chi connectivity index (χ2v) is 9.16. The van der Waals surface area contributed by atoms with Crippen molar-refractivity contribution in [3.63, 3.8) is 0 Å². The maximum atomic E-state index is 13.1. The minimum atomic E-state index is -3.57. The lowest BCUT2D eigenvalue weighted by molar-refractivity contribution is 0.0302. The van der Waals surface area contributed by atoms with Crippen molar-refractivity contribution in [1.29, 1.82) is 0 Å². The van der Waals surface area contributed by atoms with Gasteiger partial charge >= 0.3 is 0 Å². The molecule has 1 aromatic carbocycles. The highest BCUT2D eigenvalue weighted by atomic mass is 32.2. The van der Waals surface area contributed by atoms with Gasteiger partial charge in [0.15, 0.2) is 0 Å². The van der Waals surface area contributed by atoms with Gasteiger partial charge in [0.05, 0.1) is 18.1 Å². The Morgan fingerprint density at radius 1 is 1.04 bits per heavy atom. The largest absolute Gasteiger partial charge is 0.378 e. The molecule has 2 aliphatic heterocycles. The van der Waals surface area contributed by atoms with Gasteiger partial charge in [-0.25, -0.2) is 8.42 Å². The third-order valence-corrected chi connectivity index (χ3v) is 7.43. The van der Waals surface area contributed by atoms with E-state index in [2.05, 4.69) is 12.2 Å². The van der Waals surface area contributed by atoms with Gasteiger partial charge < -0.3 is 9.64 Å². The number of sulfonamides is 1. The fourth-order valence-corrected chi connectivity index (χ4v) is 5.66. The summed E-state index contributed by atoms with van der Waals surface area (Å²) < 4.78 is 33.0. The maximum absolute atomic E-state index is 13.1. The molecule has 0 saturated carbocycles. The zero-order chi connectivity index (χ0) is 18.1. The first-order valence-electron chi connectivity index (χ1n) is 9.18. The van der Waals surface area contributed by atoms with Crippen molar-refractivity contribution < 1.29 is 17.9 Å². The molecule has 2 heterocycles. The number of nitrogens with zero attached hydrogens (tertiary/aromatic N) is 2. The topological polar surface area (TPSA) is 66.9 Å². The summed E-state index contributed by atoms with van der Waals surface area (Å²) in [5.41, 5.74) is 0.422. The van der Waals surface area contributed by atoms with Crippen LogP contribution in [0.1, 0.15) is 23.2 Å². The molecule has 140 valence electrons. The van der Waals surface area contributed by atoms with E-state index < -0.39 is 10.0 Å². The van der Waals surface area contributed by atoms with Crippen LogP contribution in [0.3, 0.4) is 0 Å². The molecule has 1 aliphatic carbocycles. The Hall–Kier alpha value is -1.70. The molecule has 2 atom stereocenters. The van der Waals surface area contributed by atoms with E-state index >= 15 is 0 Å². The van der Waals surface area contributed by atoms with Crippen molar-refractivity contribution in [2.24, 2.45) is 11.8 Å². The Balaban J connectivity index is 1.54. The first-order chi connectivity index (χ1) is 12.6. The zero-order valence-corrected chi connectivity index (χ0v) is 15.5. The minimum absolute atomic E-state index is 0.135. The summed E-state index contributed by atoms with van der Waals surface area (Å²) in [5.74, 6) is 0.686. The number of benzene rings is 1. The minimum Gasteiger partial charge on any atom is -0.378 e. The first-order valence-corrected chi connectivity index (χ1v) is 10.6. The van der Waals surface area contributed by atoms with Crippen molar-refractivity contribution in [2.75, 3.05) is 39.4 Å². The molecule has 26 heavy (non-hydrogen) atoms. The van der Waals surface area contributed by atoms with Gasteiger partial charge in [-0.2, -0.15) is 4.31 Å². The lowest BCUT2D eigenvalue weighted by Gasteiger charge is -2.27. The van der Waals surface area contributed by atoms with Crippen LogP contribution < -0.4 is 0 Å². The van der Waals surface area contributed by atoms with E-state index in [1.165, 1.54) is 6.07 Å². The van der Waals surface area contributed by atoms with Crippen molar-refractivity contribution in [3.8, 4) is 0 Å². The van der Waals surface area contributed by atoms with Crippen LogP contribution >= 0.6 is 0 Å². The van der Waals surface area contributed by atoms with Crippen molar-refractivity contribution in [3.05, 3.63) is 42.0 Å². The Bertz CT molecular complexity index is 799. The molecule has 1 aromatic rings. The normalized spacial score (nSPS) is 26.7. The summed E-state index contributed by atoms with van der Waals surface area (Å²) >= 11 is 0. The quantitative estimate of drug-likeness (QED) is 0.754. The number of ether oxygens (including phenoxy) is 1. The molecular formula is C19H24N2O4S. The van der Waals surface area contributed by atoms with Crippen LogP contribution in [-0.2, 0) is 14.8 Å². The number of hydrogen-bond donors (Lipinski definition) is 0. The average Bonchev–Trinajstić information content (AvgIpc) is 3.13. The second-order valence-electron chi connectivity index (χ2n) is 7.22. The van der Waals surface area contributed by atoms with E-state index in [-0.39, 0.29) is 10.8 Å². The molecule has 4 rings (SSSR count). The number of allylic oxidation sites excluding steroid dienone is 2. The van der Waals surface area contributed by atoms with Gasteiger partial charge in [-0.05, 0) is 42.9 Å². The summed E-state index contributed by atoms with van der Waals surface area (Å²) in [5, 5.41) is 0. The van der Waals surface area contributed by atoms with E-state index in [4.69, 9.17) is 4.74 Å². The number of amides is 1. The third kappa shape index (κ3) is 3.31. The van der Waals surface area contributed by atoms with Gasteiger partial charge in [0.1, 0.15) is 0 Å². The fraction of sp³-hybridized carbons (Fsp3) is 0.526. The van der Waals surface area contributed by atoms with Gasteiger partial charge in [0.2, 0.25) is 10.0 Å². The van der Waals surface area contributed by atoms with Gasteiger partial charge in [0.25, 0.3) is 5.91 Å². The smallest absolute Gasteiger partial charge is 0.254 e. The number of morpholine rings is 1. The van der Waals surface area contributed by atoms with Crippen molar-refractivity contribution >= 4 is 15.9 Å². The molecule has 2 unspecified atom stereocenters. The van der Waals surface area contributed by atoms with E-state index in [9.17, 15) is 13.2 Å². The van der Waals surface area contributed by atoms with Crippen LogP contribution in [0, 0.1) is 11.8 Å². The van der Waals surface area contributed by atoms with E-state index in [0.717, 1.165) is 12.8 Å². The van der Waals surface area contributed by atoms with Crippen LogP contribution in [0.25, 0.3) is 0 Å². The molecule has 0 N–H and O–H groups in total. The van der Waals surface area contributed by atoms with Gasteiger partial charge in [-0.3, -0.25) is 4.79 Å². The molecule has 3 aliphatic rings. The maximum Gasteiger partial charge on any atom is 0.254 e. The first kappa shape index (κ1) is 17.7. The predicted octanol–water partition coefficient (Wildman–Crippen LogP) is 1.75. The number of carbonyl (C=O) groups is 1. The predicted molar refractivity (Wildman–Crippen MR) is 97.3 cm³/mol. The number of fused-ring (bicyclic) bond motifs is 1. The summed E-state index contributed by atoms with van der Waals surface area (Å²) in [7, 11) is -3.57. The molecule has 0 radical (unpaired) electrons. The van der Waals surface area contributed by atoms with E-state index in [0.29, 0.717) is 56.8 Å². The fourth-order valence-electron chi connectivity index (χ4n) is 4.06. The Kier molecular flexibility index (Phi) is 4.86. The van der Waals surface area contributed by atoms with Gasteiger partial charge in [0, 0.05) is 31.7 Å². The molecule has 2 saturated heterocycles. The average molecular weight is 376 g/mol. The lowest BCUT2D eigenvalue weighted by Crippen LogP contribution is -2.40. The number of hydrogen-bond acceptors (Lipinski definition) is 4. The molecule has 0 aromatic heterocycles. The molecule has 7 heteroatoms.